The summed E-state index contributed by atoms with van der Waals surface area (Å²) in [6, 6.07) is 13.9. The molecule has 6 nitrogen and oxygen atoms in total. The van der Waals surface area contributed by atoms with Crippen LogP contribution >= 0.6 is 0 Å². The second-order valence-electron chi connectivity index (χ2n) is 6.93. The standard InChI is InChI=1S/C22H24N2O4/c1-4-12-22(18-8-6-5-7-9-18)20(26)24(21(27)23-22)14-17-13-16(15(2)25)10-11-19(17)28-3/h5-11,13H,4,12,14H2,1-3H3,(H,23,27). The van der Waals surface area contributed by atoms with E-state index in [1.165, 1.54) is 18.9 Å². The lowest BCUT2D eigenvalue weighted by Crippen LogP contribution is -2.43. The van der Waals surface area contributed by atoms with Crippen LogP contribution in [-0.2, 0) is 16.9 Å². The van der Waals surface area contributed by atoms with E-state index in [0.29, 0.717) is 23.3 Å². The highest BCUT2D eigenvalue weighted by Crippen LogP contribution is 2.35. The van der Waals surface area contributed by atoms with Crippen molar-refractivity contribution in [2.45, 2.75) is 38.8 Å². The number of carbonyl (C=O) groups excluding carboxylic acids is 3. The first-order valence-corrected chi connectivity index (χ1v) is 9.30. The van der Waals surface area contributed by atoms with Gasteiger partial charge in [-0.25, -0.2) is 4.79 Å². The molecule has 0 radical (unpaired) electrons. The van der Waals surface area contributed by atoms with Crippen molar-refractivity contribution in [1.82, 2.24) is 10.2 Å². The van der Waals surface area contributed by atoms with E-state index in [1.807, 2.05) is 37.3 Å². The number of amides is 3. The van der Waals surface area contributed by atoms with Gasteiger partial charge in [-0.05, 0) is 37.1 Å². The van der Waals surface area contributed by atoms with Crippen molar-refractivity contribution in [1.29, 1.82) is 0 Å². The molecule has 1 saturated heterocycles. The molecule has 3 amide bonds. The molecule has 0 aliphatic carbocycles. The third kappa shape index (κ3) is 3.38. The van der Waals surface area contributed by atoms with Crippen molar-refractivity contribution in [3.05, 3.63) is 65.2 Å². The van der Waals surface area contributed by atoms with Crippen molar-refractivity contribution in [2.24, 2.45) is 0 Å². The molecule has 3 rings (SSSR count). The molecule has 1 heterocycles. The second kappa shape index (κ2) is 7.84. The van der Waals surface area contributed by atoms with Crippen molar-refractivity contribution < 1.29 is 19.1 Å². The first kappa shape index (κ1) is 19.6. The molecule has 146 valence electrons. The number of carbonyl (C=O) groups is 3. The van der Waals surface area contributed by atoms with E-state index in [2.05, 4.69) is 5.32 Å². The Hall–Kier alpha value is -3.15. The summed E-state index contributed by atoms with van der Waals surface area (Å²) in [5.41, 5.74) is 0.811. The van der Waals surface area contributed by atoms with Gasteiger partial charge in [0.1, 0.15) is 11.3 Å². The Balaban J connectivity index is 1.98. The predicted octanol–water partition coefficient (Wildman–Crippen LogP) is 3.65. The van der Waals surface area contributed by atoms with Gasteiger partial charge in [-0.3, -0.25) is 14.5 Å². The summed E-state index contributed by atoms with van der Waals surface area (Å²) in [4.78, 5) is 39.1. The van der Waals surface area contributed by atoms with Gasteiger partial charge >= 0.3 is 6.03 Å². The summed E-state index contributed by atoms with van der Waals surface area (Å²) >= 11 is 0. The predicted molar refractivity (Wildman–Crippen MR) is 105 cm³/mol. The number of hydrogen-bond donors (Lipinski definition) is 1. The summed E-state index contributed by atoms with van der Waals surface area (Å²) in [5, 5.41) is 2.91. The van der Waals surface area contributed by atoms with Crippen molar-refractivity contribution >= 4 is 17.7 Å². The average Bonchev–Trinajstić information content (AvgIpc) is 2.94. The number of hydrogen-bond acceptors (Lipinski definition) is 4. The van der Waals surface area contributed by atoms with E-state index >= 15 is 0 Å². The fourth-order valence-corrected chi connectivity index (χ4v) is 3.67. The summed E-state index contributed by atoms with van der Waals surface area (Å²) in [6.07, 6.45) is 1.24. The Morgan fingerprint density at radius 3 is 2.46 bits per heavy atom. The molecule has 0 spiro atoms. The van der Waals surface area contributed by atoms with Crippen LogP contribution in [0.2, 0.25) is 0 Å². The summed E-state index contributed by atoms with van der Waals surface area (Å²) < 4.78 is 5.36. The molecule has 0 saturated carbocycles. The second-order valence-corrected chi connectivity index (χ2v) is 6.93. The van der Waals surface area contributed by atoms with Gasteiger partial charge in [0, 0.05) is 11.1 Å². The lowest BCUT2D eigenvalue weighted by Gasteiger charge is -2.27. The minimum atomic E-state index is -1.07. The van der Waals surface area contributed by atoms with Crippen LogP contribution in [-0.4, -0.2) is 29.7 Å². The molecule has 6 heteroatoms. The Morgan fingerprint density at radius 2 is 1.86 bits per heavy atom. The van der Waals surface area contributed by atoms with E-state index in [4.69, 9.17) is 4.74 Å². The normalized spacial score (nSPS) is 18.9. The lowest BCUT2D eigenvalue weighted by molar-refractivity contribution is -0.132. The summed E-state index contributed by atoms with van der Waals surface area (Å²) in [6.45, 7) is 3.49. The number of imide groups is 1. The topological polar surface area (TPSA) is 75.7 Å². The maximum absolute atomic E-state index is 13.4. The van der Waals surface area contributed by atoms with E-state index in [-0.39, 0.29) is 18.2 Å². The minimum Gasteiger partial charge on any atom is -0.496 e. The Labute approximate surface area is 164 Å². The van der Waals surface area contributed by atoms with Gasteiger partial charge in [-0.2, -0.15) is 0 Å². The van der Waals surface area contributed by atoms with Gasteiger partial charge < -0.3 is 10.1 Å². The Bertz CT molecular complexity index is 910. The Morgan fingerprint density at radius 1 is 1.14 bits per heavy atom. The number of benzene rings is 2. The van der Waals surface area contributed by atoms with Crippen LogP contribution in [0.25, 0.3) is 0 Å². The van der Waals surface area contributed by atoms with Crippen molar-refractivity contribution in [2.75, 3.05) is 7.11 Å². The highest BCUT2D eigenvalue weighted by molar-refractivity contribution is 6.07. The van der Waals surface area contributed by atoms with Crippen LogP contribution in [0.15, 0.2) is 48.5 Å². The molecular weight excluding hydrogens is 356 g/mol. The van der Waals surface area contributed by atoms with Crippen molar-refractivity contribution in [3.63, 3.8) is 0 Å². The van der Waals surface area contributed by atoms with Crippen LogP contribution in [0, 0.1) is 0 Å². The minimum absolute atomic E-state index is 0.0350. The molecule has 28 heavy (non-hydrogen) atoms. The molecule has 1 fully saturated rings. The first-order valence-electron chi connectivity index (χ1n) is 9.30. The highest BCUT2D eigenvalue weighted by Gasteiger charge is 2.51. The van der Waals surface area contributed by atoms with E-state index < -0.39 is 11.6 Å². The zero-order valence-electron chi connectivity index (χ0n) is 16.3. The molecule has 0 bridgehead atoms. The maximum atomic E-state index is 13.4. The Kier molecular flexibility index (Phi) is 5.49. The van der Waals surface area contributed by atoms with Gasteiger partial charge in [-0.15, -0.1) is 0 Å². The van der Waals surface area contributed by atoms with E-state index in [0.717, 1.165) is 12.0 Å². The summed E-state index contributed by atoms with van der Waals surface area (Å²) in [5.74, 6) is 0.143. The van der Waals surface area contributed by atoms with Gasteiger partial charge in [0.2, 0.25) is 0 Å². The third-order valence-electron chi connectivity index (χ3n) is 5.08. The highest BCUT2D eigenvalue weighted by atomic mass is 16.5. The molecule has 1 unspecified atom stereocenters. The zero-order chi connectivity index (χ0) is 20.3. The number of methoxy groups -OCH3 is 1. The van der Waals surface area contributed by atoms with Gasteiger partial charge in [-0.1, -0.05) is 43.7 Å². The molecule has 1 aliphatic heterocycles. The third-order valence-corrected chi connectivity index (χ3v) is 5.08. The van der Waals surface area contributed by atoms with Crippen LogP contribution in [0.1, 0.15) is 48.2 Å². The van der Waals surface area contributed by atoms with Gasteiger partial charge in [0.15, 0.2) is 5.78 Å². The number of Topliss-reactive ketones (excluding diaryl/α,β-unsaturated/α-hetero) is 1. The SMILES string of the molecule is CCCC1(c2ccccc2)NC(=O)N(Cc2cc(C(C)=O)ccc2OC)C1=O. The van der Waals surface area contributed by atoms with Crippen LogP contribution < -0.4 is 10.1 Å². The number of rotatable bonds is 7. The molecule has 2 aromatic carbocycles. The fourth-order valence-electron chi connectivity index (χ4n) is 3.67. The van der Waals surface area contributed by atoms with Gasteiger partial charge in [0.25, 0.3) is 5.91 Å². The van der Waals surface area contributed by atoms with E-state index in [9.17, 15) is 14.4 Å². The molecule has 0 aromatic heterocycles. The van der Waals surface area contributed by atoms with Crippen molar-refractivity contribution in [3.8, 4) is 5.75 Å². The quantitative estimate of drug-likeness (QED) is 0.588. The van der Waals surface area contributed by atoms with Crippen LogP contribution in [0.4, 0.5) is 4.79 Å². The maximum Gasteiger partial charge on any atom is 0.325 e. The van der Waals surface area contributed by atoms with Crippen LogP contribution in [0.5, 0.6) is 5.75 Å². The average molecular weight is 380 g/mol. The zero-order valence-corrected chi connectivity index (χ0v) is 16.3. The number of ether oxygens (including phenoxy) is 1. The molecule has 1 N–H and O–H groups in total. The number of nitrogens with one attached hydrogen (secondary N) is 1. The molecular formula is C22H24N2O4. The molecule has 1 atom stereocenters. The molecule has 2 aromatic rings. The largest absolute Gasteiger partial charge is 0.496 e. The number of ketones is 1. The fraction of sp³-hybridized carbons (Fsp3) is 0.318. The monoisotopic (exact) mass is 380 g/mol. The molecule has 1 aliphatic rings. The number of nitrogens with zero attached hydrogens (tertiary/aromatic N) is 1. The first-order chi connectivity index (χ1) is 13.4. The van der Waals surface area contributed by atoms with Crippen LogP contribution in [0.3, 0.4) is 0 Å². The van der Waals surface area contributed by atoms with E-state index in [1.54, 1.807) is 18.2 Å². The smallest absolute Gasteiger partial charge is 0.325 e. The summed E-state index contributed by atoms with van der Waals surface area (Å²) in [7, 11) is 1.52. The lowest BCUT2D eigenvalue weighted by atomic mass is 9.85. The van der Waals surface area contributed by atoms with Gasteiger partial charge in [0.05, 0.1) is 13.7 Å². The number of urea groups is 1.